The van der Waals surface area contributed by atoms with Crippen LogP contribution in [0.3, 0.4) is 0 Å². The SMILES string of the molecule is NC(=O)c1cc2[nH]c(Nc3c(Cl)ccc(CNC(=O)C(N)C(F)(F)F)c3Cl)nc2nc1OCC(F)F. The Morgan fingerprint density at radius 2 is 1.89 bits per heavy atom. The molecule has 0 aliphatic rings. The third-order valence-electron chi connectivity index (χ3n) is 4.55. The van der Waals surface area contributed by atoms with Gasteiger partial charge >= 0.3 is 6.18 Å². The van der Waals surface area contributed by atoms with Crippen molar-refractivity contribution in [3.05, 3.63) is 39.4 Å². The van der Waals surface area contributed by atoms with Gasteiger partial charge in [0.15, 0.2) is 18.3 Å². The van der Waals surface area contributed by atoms with Gasteiger partial charge in [-0.15, -0.1) is 0 Å². The average molecular weight is 556 g/mol. The number of rotatable bonds is 9. The number of nitrogens with one attached hydrogen (secondary N) is 3. The molecule has 0 saturated heterocycles. The monoisotopic (exact) mass is 555 g/mol. The number of carbonyl (C=O) groups excluding carboxylic acids is 2. The fourth-order valence-electron chi connectivity index (χ4n) is 2.82. The van der Waals surface area contributed by atoms with Gasteiger partial charge in [-0.1, -0.05) is 29.3 Å². The van der Waals surface area contributed by atoms with E-state index in [1.54, 1.807) is 0 Å². The number of hydrogen-bond acceptors (Lipinski definition) is 7. The van der Waals surface area contributed by atoms with Crippen molar-refractivity contribution in [1.82, 2.24) is 20.3 Å². The molecule has 0 radical (unpaired) electrons. The van der Waals surface area contributed by atoms with E-state index < -0.39 is 49.5 Å². The zero-order valence-corrected chi connectivity index (χ0v) is 19.2. The number of alkyl halides is 5. The number of H-pyrrole nitrogens is 1. The van der Waals surface area contributed by atoms with Crippen LogP contribution < -0.4 is 26.8 Å². The summed E-state index contributed by atoms with van der Waals surface area (Å²) >= 11 is 12.5. The first kappa shape index (κ1) is 27.2. The van der Waals surface area contributed by atoms with Crippen LogP contribution in [0.4, 0.5) is 33.6 Å². The number of aromatic nitrogens is 3. The van der Waals surface area contributed by atoms with Crippen LogP contribution in [0.5, 0.6) is 5.88 Å². The fraction of sp³-hybridized carbons (Fsp3) is 0.263. The van der Waals surface area contributed by atoms with Crippen LogP contribution >= 0.6 is 23.2 Å². The highest BCUT2D eigenvalue weighted by Crippen LogP contribution is 2.35. The van der Waals surface area contributed by atoms with E-state index in [2.05, 4.69) is 20.3 Å². The number of carbonyl (C=O) groups is 2. The van der Waals surface area contributed by atoms with Crippen molar-refractivity contribution in [2.45, 2.75) is 25.2 Å². The zero-order valence-electron chi connectivity index (χ0n) is 17.7. The van der Waals surface area contributed by atoms with E-state index in [1.165, 1.54) is 18.2 Å². The molecular formula is C19H16Cl2F5N7O3. The molecule has 36 heavy (non-hydrogen) atoms. The molecule has 0 aliphatic heterocycles. The minimum atomic E-state index is -4.92. The highest BCUT2D eigenvalue weighted by atomic mass is 35.5. The number of nitrogens with two attached hydrogens (primary N) is 2. The molecule has 10 nitrogen and oxygen atoms in total. The molecule has 17 heteroatoms. The van der Waals surface area contributed by atoms with Crippen molar-refractivity contribution in [2.24, 2.45) is 11.5 Å². The number of amides is 2. The highest BCUT2D eigenvalue weighted by molar-refractivity contribution is 6.39. The van der Waals surface area contributed by atoms with Crippen LogP contribution in [-0.4, -0.2) is 52.0 Å². The zero-order chi connectivity index (χ0) is 26.8. The minimum Gasteiger partial charge on any atom is -0.471 e. The largest absolute Gasteiger partial charge is 0.471 e. The molecule has 2 amide bonds. The number of fused-ring (bicyclic) bond motifs is 1. The van der Waals surface area contributed by atoms with Crippen molar-refractivity contribution in [1.29, 1.82) is 0 Å². The van der Waals surface area contributed by atoms with Gasteiger partial charge in [0, 0.05) is 6.54 Å². The van der Waals surface area contributed by atoms with Gasteiger partial charge in [-0.05, 0) is 17.7 Å². The molecule has 1 unspecified atom stereocenters. The molecule has 0 spiro atoms. The van der Waals surface area contributed by atoms with E-state index in [4.69, 9.17) is 39.4 Å². The Hall–Kier alpha value is -3.43. The van der Waals surface area contributed by atoms with Gasteiger partial charge in [0.25, 0.3) is 12.3 Å². The maximum Gasteiger partial charge on any atom is 0.412 e. The molecule has 1 atom stereocenters. The van der Waals surface area contributed by atoms with E-state index in [1.807, 2.05) is 5.32 Å². The summed E-state index contributed by atoms with van der Waals surface area (Å²) in [6.45, 7) is -1.43. The van der Waals surface area contributed by atoms with Crippen molar-refractivity contribution < 1.29 is 36.3 Å². The summed E-state index contributed by atoms with van der Waals surface area (Å²) in [6.07, 6.45) is -7.75. The molecule has 2 heterocycles. The Balaban J connectivity index is 1.86. The van der Waals surface area contributed by atoms with E-state index in [0.29, 0.717) is 0 Å². The molecule has 0 aliphatic carbocycles. The topological polar surface area (TPSA) is 161 Å². The van der Waals surface area contributed by atoms with Gasteiger partial charge in [-0.3, -0.25) is 9.59 Å². The summed E-state index contributed by atoms with van der Waals surface area (Å²) in [7, 11) is 0. The Labute approximate surface area is 208 Å². The van der Waals surface area contributed by atoms with Crippen LogP contribution in [-0.2, 0) is 11.3 Å². The fourth-order valence-corrected chi connectivity index (χ4v) is 3.35. The van der Waals surface area contributed by atoms with E-state index in [0.717, 1.165) is 0 Å². The van der Waals surface area contributed by atoms with Crippen molar-refractivity contribution in [2.75, 3.05) is 11.9 Å². The highest BCUT2D eigenvalue weighted by Gasteiger charge is 2.41. The van der Waals surface area contributed by atoms with Crippen LogP contribution in [0.2, 0.25) is 10.0 Å². The van der Waals surface area contributed by atoms with Crippen LogP contribution in [0.25, 0.3) is 11.2 Å². The quantitative estimate of drug-likeness (QED) is 0.253. The lowest BCUT2D eigenvalue weighted by atomic mass is 10.2. The third kappa shape index (κ3) is 6.22. The van der Waals surface area contributed by atoms with Gasteiger partial charge in [-0.25, -0.2) is 8.78 Å². The number of pyridine rings is 1. The third-order valence-corrected chi connectivity index (χ3v) is 5.30. The molecular weight excluding hydrogens is 540 g/mol. The standard InChI is InChI=1S/C19H16Cl2F5N7O3/c20-8-2-1-6(4-29-16(35)13(27)19(24,25)26)11(21)12(8)31-18-30-9-3-7(14(28)34)17(32-15(9)33-18)36-5-10(22)23/h1-3,10,13H,4-5,27H2,(H2,28,34)(H,29,35)(H2,30,31,32,33). The minimum absolute atomic E-state index is 0.0111. The van der Waals surface area contributed by atoms with Crippen molar-refractivity contribution >= 4 is 57.8 Å². The number of ether oxygens (including phenoxy) is 1. The second kappa shape index (κ2) is 10.7. The Morgan fingerprint density at radius 1 is 1.19 bits per heavy atom. The number of benzene rings is 1. The maximum atomic E-state index is 12.6. The van der Waals surface area contributed by atoms with E-state index >= 15 is 0 Å². The molecule has 0 saturated carbocycles. The van der Waals surface area contributed by atoms with Gasteiger partial charge < -0.3 is 31.8 Å². The summed E-state index contributed by atoms with van der Waals surface area (Å²) in [5, 5.41) is 4.81. The Kier molecular flexibility index (Phi) is 8.05. The normalized spacial score (nSPS) is 12.6. The molecule has 3 rings (SSSR count). The lowest BCUT2D eigenvalue weighted by molar-refractivity contribution is -0.162. The summed E-state index contributed by atoms with van der Waals surface area (Å²) < 4.78 is 67.7. The molecule has 0 fully saturated rings. The predicted octanol–water partition coefficient (Wildman–Crippen LogP) is 3.26. The van der Waals surface area contributed by atoms with Gasteiger partial charge in [0.2, 0.25) is 17.7 Å². The van der Waals surface area contributed by atoms with E-state index in [-0.39, 0.29) is 44.0 Å². The number of halogens is 7. The summed E-state index contributed by atoms with van der Waals surface area (Å²) in [4.78, 5) is 34.1. The molecule has 3 aromatic rings. The molecule has 7 N–H and O–H groups in total. The predicted molar refractivity (Wildman–Crippen MR) is 120 cm³/mol. The number of anilines is 2. The lowest BCUT2D eigenvalue weighted by Crippen LogP contribution is -2.49. The van der Waals surface area contributed by atoms with Gasteiger partial charge in [0.1, 0.15) is 5.56 Å². The lowest BCUT2D eigenvalue weighted by Gasteiger charge is -2.16. The first-order valence-electron chi connectivity index (χ1n) is 9.73. The van der Waals surface area contributed by atoms with E-state index in [9.17, 15) is 31.5 Å². The first-order chi connectivity index (χ1) is 16.8. The smallest absolute Gasteiger partial charge is 0.412 e. The second-order valence-corrected chi connectivity index (χ2v) is 7.91. The summed E-state index contributed by atoms with van der Waals surface area (Å²) in [5.41, 5.74) is 10.2. The van der Waals surface area contributed by atoms with Crippen LogP contribution in [0, 0.1) is 0 Å². The number of nitrogens with zero attached hydrogens (tertiary/aromatic N) is 2. The summed E-state index contributed by atoms with van der Waals surface area (Å²) in [6, 6.07) is 1.22. The van der Waals surface area contributed by atoms with Gasteiger partial charge in [-0.2, -0.15) is 23.1 Å². The number of imidazole rings is 1. The maximum absolute atomic E-state index is 12.6. The average Bonchev–Trinajstić information content (AvgIpc) is 3.19. The molecule has 0 bridgehead atoms. The number of hydrogen-bond donors (Lipinski definition) is 5. The molecule has 194 valence electrons. The summed E-state index contributed by atoms with van der Waals surface area (Å²) in [5.74, 6) is -2.90. The van der Waals surface area contributed by atoms with Crippen LogP contribution in [0.1, 0.15) is 15.9 Å². The number of primary amides is 1. The molecule has 2 aromatic heterocycles. The molecule has 1 aromatic carbocycles. The van der Waals surface area contributed by atoms with Crippen molar-refractivity contribution in [3.8, 4) is 5.88 Å². The van der Waals surface area contributed by atoms with Crippen LogP contribution in [0.15, 0.2) is 18.2 Å². The first-order valence-corrected chi connectivity index (χ1v) is 10.5. The Morgan fingerprint density at radius 3 is 2.50 bits per heavy atom. The Bertz CT molecular complexity index is 1300. The van der Waals surface area contributed by atoms with Gasteiger partial charge in [0.05, 0.1) is 21.2 Å². The second-order valence-electron chi connectivity index (χ2n) is 7.12. The number of aromatic amines is 1. The van der Waals surface area contributed by atoms with Crippen molar-refractivity contribution in [3.63, 3.8) is 0 Å².